The Morgan fingerprint density at radius 1 is 1.62 bits per heavy atom. The molecule has 1 aromatic rings. The summed E-state index contributed by atoms with van der Waals surface area (Å²) in [5, 5.41) is 7.00. The summed E-state index contributed by atoms with van der Waals surface area (Å²) < 4.78 is 4.71. The minimum absolute atomic E-state index is 0.0700. The van der Waals surface area contributed by atoms with Crippen LogP contribution in [0.3, 0.4) is 0 Å². The number of carbonyl (C=O) groups excluding carboxylic acids is 1. The lowest BCUT2D eigenvalue weighted by Crippen LogP contribution is -2.28. The van der Waals surface area contributed by atoms with Crippen LogP contribution in [0, 0.1) is 0 Å². The number of nitrogens with one attached hydrogen (secondary N) is 1. The Morgan fingerprint density at radius 2 is 2.54 bits per heavy atom. The summed E-state index contributed by atoms with van der Waals surface area (Å²) in [7, 11) is 0. The van der Waals surface area contributed by atoms with Crippen molar-refractivity contribution in [2.45, 2.75) is 18.8 Å². The summed E-state index contributed by atoms with van der Waals surface area (Å²) in [4.78, 5) is 14.3. The monoisotopic (exact) mass is 181 g/mol. The Labute approximate surface area is 75.5 Å². The van der Waals surface area contributed by atoms with E-state index in [2.05, 4.69) is 15.5 Å². The Balaban J connectivity index is 2.09. The van der Waals surface area contributed by atoms with Gasteiger partial charge in [-0.2, -0.15) is 4.98 Å². The number of aldehydes is 1. The van der Waals surface area contributed by atoms with Gasteiger partial charge in [-0.3, -0.25) is 4.79 Å². The summed E-state index contributed by atoms with van der Waals surface area (Å²) in [6, 6.07) is 0. The van der Waals surface area contributed by atoms with E-state index < -0.39 is 0 Å². The number of hydrogen-bond acceptors (Lipinski definition) is 5. The Hall–Kier alpha value is -1.23. The van der Waals surface area contributed by atoms with Gasteiger partial charge >= 0.3 is 0 Å². The van der Waals surface area contributed by atoms with Crippen LogP contribution in [0.25, 0.3) is 0 Å². The zero-order valence-electron chi connectivity index (χ0n) is 7.19. The van der Waals surface area contributed by atoms with Gasteiger partial charge in [0.25, 0.3) is 5.89 Å². The molecule has 0 spiro atoms. The van der Waals surface area contributed by atoms with Gasteiger partial charge in [0.15, 0.2) is 5.82 Å². The van der Waals surface area contributed by atoms with Crippen molar-refractivity contribution in [2.75, 3.05) is 13.1 Å². The average Bonchev–Trinajstić information content (AvgIpc) is 2.67. The molecule has 5 nitrogen and oxygen atoms in total. The third-order valence-electron chi connectivity index (χ3n) is 2.22. The second kappa shape index (κ2) is 3.66. The molecule has 1 N–H and O–H groups in total. The van der Waals surface area contributed by atoms with E-state index in [-0.39, 0.29) is 5.89 Å². The first-order chi connectivity index (χ1) is 6.40. The van der Waals surface area contributed by atoms with Gasteiger partial charge in [0.2, 0.25) is 6.29 Å². The van der Waals surface area contributed by atoms with Crippen LogP contribution in [-0.2, 0) is 0 Å². The van der Waals surface area contributed by atoms with E-state index in [1.165, 1.54) is 0 Å². The fraction of sp³-hybridized carbons (Fsp3) is 0.625. The molecule has 13 heavy (non-hydrogen) atoms. The van der Waals surface area contributed by atoms with Crippen LogP contribution in [0.1, 0.15) is 35.3 Å². The molecule has 1 unspecified atom stereocenters. The Bertz CT molecular complexity index is 291. The van der Waals surface area contributed by atoms with Crippen molar-refractivity contribution in [3.8, 4) is 0 Å². The minimum atomic E-state index is 0.0700. The second-order valence-corrected chi connectivity index (χ2v) is 3.15. The summed E-state index contributed by atoms with van der Waals surface area (Å²) >= 11 is 0. The normalized spacial score (nSPS) is 22.9. The number of aromatic nitrogens is 2. The molecule has 2 rings (SSSR count). The van der Waals surface area contributed by atoms with Crippen molar-refractivity contribution in [1.29, 1.82) is 0 Å². The highest BCUT2D eigenvalue weighted by Crippen LogP contribution is 2.19. The van der Waals surface area contributed by atoms with Crippen molar-refractivity contribution in [1.82, 2.24) is 15.5 Å². The van der Waals surface area contributed by atoms with Gasteiger partial charge in [-0.25, -0.2) is 0 Å². The highest BCUT2D eigenvalue weighted by atomic mass is 16.5. The molecule has 2 heterocycles. The SMILES string of the molecule is O=Cc1nc(C2CCCNC2)no1. The highest BCUT2D eigenvalue weighted by Gasteiger charge is 2.20. The molecule has 0 radical (unpaired) electrons. The maximum atomic E-state index is 10.3. The van der Waals surface area contributed by atoms with E-state index in [0.717, 1.165) is 25.9 Å². The largest absolute Gasteiger partial charge is 0.331 e. The third kappa shape index (κ3) is 1.75. The van der Waals surface area contributed by atoms with Gasteiger partial charge in [-0.05, 0) is 19.4 Å². The van der Waals surface area contributed by atoms with E-state index >= 15 is 0 Å². The molecular formula is C8H11N3O2. The van der Waals surface area contributed by atoms with Crippen LogP contribution in [0.4, 0.5) is 0 Å². The maximum Gasteiger partial charge on any atom is 0.290 e. The molecule has 0 aliphatic carbocycles. The predicted octanol–water partition coefficient (Wildman–Crippen LogP) is 0.349. The van der Waals surface area contributed by atoms with Gasteiger partial charge < -0.3 is 9.84 Å². The number of nitrogens with zero attached hydrogens (tertiary/aromatic N) is 2. The van der Waals surface area contributed by atoms with Crippen LogP contribution in [-0.4, -0.2) is 29.5 Å². The zero-order valence-corrected chi connectivity index (χ0v) is 7.19. The van der Waals surface area contributed by atoms with Gasteiger partial charge in [-0.1, -0.05) is 5.16 Å². The molecule has 1 atom stereocenters. The lowest BCUT2D eigenvalue weighted by Gasteiger charge is -2.19. The van der Waals surface area contributed by atoms with Crippen molar-refractivity contribution in [3.63, 3.8) is 0 Å². The molecule has 1 aliphatic heterocycles. The zero-order chi connectivity index (χ0) is 9.10. The van der Waals surface area contributed by atoms with Crippen LogP contribution in [0.5, 0.6) is 0 Å². The van der Waals surface area contributed by atoms with Crippen molar-refractivity contribution in [3.05, 3.63) is 11.7 Å². The molecule has 1 saturated heterocycles. The molecular weight excluding hydrogens is 170 g/mol. The smallest absolute Gasteiger partial charge is 0.290 e. The van der Waals surface area contributed by atoms with Gasteiger partial charge in [0.1, 0.15) is 0 Å². The quantitative estimate of drug-likeness (QED) is 0.667. The molecule has 0 saturated carbocycles. The maximum absolute atomic E-state index is 10.3. The van der Waals surface area contributed by atoms with E-state index in [4.69, 9.17) is 4.52 Å². The van der Waals surface area contributed by atoms with E-state index in [0.29, 0.717) is 18.0 Å². The van der Waals surface area contributed by atoms with Gasteiger partial charge in [-0.15, -0.1) is 0 Å². The highest BCUT2D eigenvalue weighted by molar-refractivity contribution is 5.66. The van der Waals surface area contributed by atoms with Crippen LogP contribution in [0.2, 0.25) is 0 Å². The fourth-order valence-electron chi connectivity index (χ4n) is 1.53. The minimum Gasteiger partial charge on any atom is -0.331 e. The van der Waals surface area contributed by atoms with E-state index in [1.807, 2.05) is 0 Å². The van der Waals surface area contributed by atoms with Crippen LogP contribution >= 0.6 is 0 Å². The lowest BCUT2D eigenvalue weighted by atomic mass is 9.99. The van der Waals surface area contributed by atoms with Gasteiger partial charge in [0, 0.05) is 12.5 Å². The molecule has 1 fully saturated rings. The summed E-state index contributed by atoms with van der Waals surface area (Å²) in [5.41, 5.74) is 0. The summed E-state index contributed by atoms with van der Waals surface area (Å²) in [6.45, 7) is 1.92. The Kier molecular flexibility index (Phi) is 2.35. The fourth-order valence-corrected chi connectivity index (χ4v) is 1.53. The molecule has 1 aromatic heterocycles. The first-order valence-corrected chi connectivity index (χ1v) is 4.39. The van der Waals surface area contributed by atoms with Crippen molar-refractivity contribution < 1.29 is 9.32 Å². The number of carbonyl (C=O) groups is 1. The standard InChI is InChI=1S/C8H11N3O2/c12-5-7-10-8(11-13-7)6-2-1-3-9-4-6/h5-6,9H,1-4H2. The number of rotatable bonds is 2. The van der Waals surface area contributed by atoms with Gasteiger partial charge in [0.05, 0.1) is 0 Å². The van der Waals surface area contributed by atoms with E-state index in [9.17, 15) is 4.79 Å². The number of hydrogen-bond donors (Lipinski definition) is 1. The van der Waals surface area contributed by atoms with Crippen molar-refractivity contribution >= 4 is 6.29 Å². The molecule has 0 aromatic carbocycles. The third-order valence-corrected chi connectivity index (χ3v) is 2.22. The molecule has 0 amide bonds. The summed E-state index contributed by atoms with van der Waals surface area (Å²) in [6.07, 6.45) is 2.76. The molecule has 1 aliphatic rings. The second-order valence-electron chi connectivity index (χ2n) is 3.15. The van der Waals surface area contributed by atoms with Crippen LogP contribution in [0.15, 0.2) is 4.52 Å². The Morgan fingerprint density at radius 3 is 3.15 bits per heavy atom. The predicted molar refractivity (Wildman–Crippen MR) is 44.5 cm³/mol. The number of piperidine rings is 1. The summed E-state index contributed by atoms with van der Waals surface area (Å²) in [5.74, 6) is 1.01. The van der Waals surface area contributed by atoms with E-state index in [1.54, 1.807) is 0 Å². The first kappa shape index (κ1) is 8.37. The van der Waals surface area contributed by atoms with Crippen molar-refractivity contribution in [2.24, 2.45) is 0 Å². The first-order valence-electron chi connectivity index (χ1n) is 4.39. The molecule has 70 valence electrons. The lowest BCUT2D eigenvalue weighted by molar-refractivity contribution is 0.108. The molecule has 0 bridgehead atoms. The average molecular weight is 181 g/mol. The topological polar surface area (TPSA) is 68.0 Å². The van der Waals surface area contributed by atoms with Crippen LogP contribution < -0.4 is 5.32 Å². The molecule has 5 heteroatoms.